The topological polar surface area (TPSA) is 70.1 Å². The molecule has 2 N–H and O–H groups in total. The van der Waals surface area contributed by atoms with E-state index in [9.17, 15) is 4.79 Å². The number of nitrogens with two attached hydrogens (primary N) is 1. The van der Waals surface area contributed by atoms with Crippen molar-refractivity contribution >= 4 is 28.5 Å². The lowest BCUT2D eigenvalue weighted by molar-refractivity contribution is -0.122. The van der Waals surface area contributed by atoms with Crippen LogP contribution in [0.15, 0.2) is 18.2 Å². The molecule has 1 heterocycles. The van der Waals surface area contributed by atoms with Gasteiger partial charge in [-0.25, -0.2) is 4.98 Å². The normalized spacial score (nSPS) is 11.1. The predicted molar refractivity (Wildman–Crippen MR) is 78.9 cm³/mol. The smallest absolute Gasteiger partial charge is 0.243 e. The number of benzene rings is 1. The fourth-order valence-electron chi connectivity index (χ4n) is 2.26. The van der Waals surface area contributed by atoms with Crippen LogP contribution < -0.4 is 5.73 Å². The minimum absolute atomic E-state index is 0.0591. The van der Waals surface area contributed by atoms with Gasteiger partial charge < -0.3 is 15.0 Å². The maximum Gasteiger partial charge on any atom is 0.243 e. The van der Waals surface area contributed by atoms with Crippen LogP contribution >= 0.6 is 11.6 Å². The summed E-state index contributed by atoms with van der Waals surface area (Å²) < 4.78 is 7.34. The Morgan fingerprint density at radius 2 is 2.30 bits per heavy atom. The largest absolute Gasteiger partial charge is 0.370 e. The molecule has 0 aliphatic rings. The van der Waals surface area contributed by atoms with Gasteiger partial charge in [0.25, 0.3) is 0 Å². The average molecular weight is 296 g/mol. The Morgan fingerprint density at radius 3 is 3.00 bits per heavy atom. The number of nitrogens with zero attached hydrogens (tertiary/aromatic N) is 2. The Hall–Kier alpha value is -1.59. The molecule has 0 aliphatic carbocycles. The molecular weight excluding hydrogens is 278 g/mol. The number of alkyl halides is 1. The molecule has 1 aromatic carbocycles. The van der Waals surface area contributed by atoms with Gasteiger partial charge in [-0.2, -0.15) is 0 Å². The number of ether oxygens (including phenoxy) is 1. The van der Waals surface area contributed by atoms with Crippen LogP contribution in [0, 0.1) is 6.92 Å². The van der Waals surface area contributed by atoms with Crippen molar-refractivity contribution in [2.45, 2.75) is 19.9 Å². The molecule has 2 rings (SSSR count). The van der Waals surface area contributed by atoms with Crippen LogP contribution in [0.3, 0.4) is 0 Å². The van der Waals surface area contributed by atoms with E-state index in [1.165, 1.54) is 0 Å². The lowest BCUT2D eigenvalue weighted by Crippen LogP contribution is -2.20. The van der Waals surface area contributed by atoms with E-state index in [1.54, 1.807) is 0 Å². The van der Waals surface area contributed by atoms with Crippen molar-refractivity contribution in [3.63, 3.8) is 0 Å². The van der Waals surface area contributed by atoms with E-state index in [0.717, 1.165) is 22.4 Å². The van der Waals surface area contributed by atoms with Gasteiger partial charge in [0.2, 0.25) is 5.91 Å². The molecule has 0 saturated carbocycles. The number of fused-ring (bicyclic) bond motifs is 1. The number of amides is 1. The second-order valence-corrected chi connectivity index (χ2v) is 4.96. The van der Waals surface area contributed by atoms with Gasteiger partial charge in [-0.1, -0.05) is 12.1 Å². The van der Waals surface area contributed by atoms with Crippen LogP contribution in [0.25, 0.3) is 11.0 Å². The first kappa shape index (κ1) is 14.8. The molecule has 0 atom stereocenters. The molecule has 1 aromatic heterocycles. The summed E-state index contributed by atoms with van der Waals surface area (Å²) in [6.07, 6.45) is 0.700. The predicted octanol–water partition coefficient (Wildman–Crippen LogP) is 1.63. The maximum atomic E-state index is 10.7. The zero-order chi connectivity index (χ0) is 14.5. The van der Waals surface area contributed by atoms with Crippen LogP contribution in [-0.4, -0.2) is 34.6 Å². The molecule has 0 radical (unpaired) electrons. The number of carbonyl (C=O) groups excluding carboxylic acids is 1. The van der Waals surface area contributed by atoms with Crippen molar-refractivity contribution in [3.05, 3.63) is 29.6 Å². The van der Waals surface area contributed by atoms with Crippen molar-refractivity contribution in [2.24, 2.45) is 5.73 Å². The number of imidazole rings is 1. The Bertz CT molecular complexity index is 610. The summed E-state index contributed by atoms with van der Waals surface area (Å²) in [5, 5.41) is 0. The highest BCUT2D eigenvalue weighted by molar-refractivity contribution is 6.17. The molecule has 0 aliphatic heterocycles. The summed E-state index contributed by atoms with van der Waals surface area (Å²) in [5.41, 5.74) is 8.25. The zero-order valence-corrected chi connectivity index (χ0v) is 12.2. The van der Waals surface area contributed by atoms with Crippen LogP contribution in [-0.2, 0) is 22.5 Å². The second-order valence-electron chi connectivity index (χ2n) is 4.58. The Kier molecular flexibility index (Phi) is 4.98. The number of halogens is 1. The summed E-state index contributed by atoms with van der Waals surface area (Å²) in [6, 6.07) is 6.03. The Labute approximate surface area is 122 Å². The minimum Gasteiger partial charge on any atom is -0.370 e. The van der Waals surface area contributed by atoms with E-state index >= 15 is 0 Å². The molecule has 108 valence electrons. The average Bonchev–Trinajstić information content (AvgIpc) is 2.74. The fourth-order valence-corrected chi connectivity index (χ4v) is 2.43. The van der Waals surface area contributed by atoms with Crippen LogP contribution in [0.2, 0.25) is 0 Å². The molecule has 0 fully saturated rings. The van der Waals surface area contributed by atoms with Gasteiger partial charge in [0.05, 0.1) is 17.6 Å². The van der Waals surface area contributed by atoms with Gasteiger partial charge in [0.1, 0.15) is 12.4 Å². The van der Waals surface area contributed by atoms with E-state index in [1.807, 2.05) is 12.1 Å². The van der Waals surface area contributed by atoms with Crippen molar-refractivity contribution in [2.75, 3.05) is 19.1 Å². The van der Waals surface area contributed by atoms with E-state index in [2.05, 4.69) is 22.5 Å². The van der Waals surface area contributed by atoms with Crippen LogP contribution in [0.4, 0.5) is 0 Å². The van der Waals surface area contributed by atoms with E-state index in [0.29, 0.717) is 25.5 Å². The van der Waals surface area contributed by atoms with Crippen molar-refractivity contribution in [1.29, 1.82) is 0 Å². The molecule has 5 nitrogen and oxygen atoms in total. The molecular formula is C14H18ClN3O2. The number of para-hydroxylation sites is 1. The third-order valence-corrected chi connectivity index (χ3v) is 3.26. The summed E-state index contributed by atoms with van der Waals surface area (Å²) >= 11 is 5.83. The summed E-state index contributed by atoms with van der Waals surface area (Å²) in [4.78, 5) is 15.3. The molecule has 0 spiro atoms. The maximum absolute atomic E-state index is 10.7. The number of aromatic nitrogens is 2. The first-order valence-corrected chi connectivity index (χ1v) is 7.03. The highest BCUT2D eigenvalue weighted by atomic mass is 35.5. The lowest BCUT2D eigenvalue weighted by Gasteiger charge is -2.10. The molecule has 0 unspecified atom stereocenters. The fraction of sp³-hybridized carbons (Fsp3) is 0.429. The number of hydrogen-bond donors (Lipinski definition) is 1. The van der Waals surface area contributed by atoms with E-state index in [4.69, 9.17) is 22.1 Å². The lowest BCUT2D eigenvalue weighted by atomic mass is 10.2. The van der Waals surface area contributed by atoms with E-state index in [-0.39, 0.29) is 6.61 Å². The molecule has 6 heteroatoms. The number of carbonyl (C=O) groups is 1. The zero-order valence-electron chi connectivity index (χ0n) is 11.4. The number of hydrogen-bond acceptors (Lipinski definition) is 3. The van der Waals surface area contributed by atoms with Gasteiger partial charge in [-0.3, -0.25) is 4.79 Å². The molecule has 1 amide bonds. The molecule has 20 heavy (non-hydrogen) atoms. The van der Waals surface area contributed by atoms with Gasteiger partial charge in [-0.15, -0.1) is 11.6 Å². The number of rotatable bonds is 7. The molecule has 0 bridgehead atoms. The number of primary amides is 1. The SMILES string of the molecule is Cc1cccc2nc(CCCl)n(CCOCC(N)=O)c12. The third kappa shape index (κ3) is 3.29. The minimum atomic E-state index is -0.461. The van der Waals surface area contributed by atoms with Gasteiger partial charge >= 0.3 is 0 Å². The van der Waals surface area contributed by atoms with Gasteiger partial charge in [0, 0.05) is 18.8 Å². The summed E-state index contributed by atoms with van der Waals surface area (Å²) in [7, 11) is 0. The molecule has 2 aromatic rings. The third-order valence-electron chi connectivity index (χ3n) is 3.07. The Balaban J connectivity index is 2.24. The quantitative estimate of drug-likeness (QED) is 0.623. The van der Waals surface area contributed by atoms with Crippen molar-refractivity contribution in [3.8, 4) is 0 Å². The van der Waals surface area contributed by atoms with Crippen LogP contribution in [0.5, 0.6) is 0 Å². The summed E-state index contributed by atoms with van der Waals surface area (Å²) in [6.45, 7) is 3.03. The van der Waals surface area contributed by atoms with Crippen LogP contribution in [0.1, 0.15) is 11.4 Å². The second kappa shape index (κ2) is 6.72. The first-order chi connectivity index (χ1) is 9.63. The summed E-state index contributed by atoms with van der Waals surface area (Å²) in [5.74, 6) is 0.995. The van der Waals surface area contributed by atoms with E-state index < -0.39 is 5.91 Å². The van der Waals surface area contributed by atoms with Crippen molar-refractivity contribution in [1.82, 2.24) is 9.55 Å². The van der Waals surface area contributed by atoms with Gasteiger partial charge in [0.15, 0.2) is 0 Å². The highest BCUT2D eigenvalue weighted by Gasteiger charge is 2.12. The van der Waals surface area contributed by atoms with Gasteiger partial charge in [-0.05, 0) is 18.6 Å². The number of aryl methyl sites for hydroxylation is 2. The first-order valence-electron chi connectivity index (χ1n) is 6.50. The monoisotopic (exact) mass is 295 g/mol. The standard InChI is InChI=1S/C14H18ClN3O2/c1-10-3-2-4-11-14(10)18(13(17-11)5-6-15)7-8-20-9-12(16)19/h2-4H,5-9H2,1H3,(H2,16,19). The van der Waals surface area contributed by atoms with Crippen molar-refractivity contribution < 1.29 is 9.53 Å². The molecule has 0 saturated heterocycles. The highest BCUT2D eigenvalue weighted by Crippen LogP contribution is 2.20. The Morgan fingerprint density at radius 1 is 1.50 bits per heavy atom.